The lowest BCUT2D eigenvalue weighted by Gasteiger charge is -2.11. The van der Waals surface area contributed by atoms with Crippen LogP contribution in [0.25, 0.3) is 10.6 Å². The molecule has 7 nitrogen and oxygen atoms in total. The van der Waals surface area contributed by atoms with Crippen molar-refractivity contribution in [1.82, 2.24) is 15.6 Å². The molecule has 4 rings (SSSR count). The summed E-state index contributed by atoms with van der Waals surface area (Å²) in [6.07, 6.45) is 3.91. The van der Waals surface area contributed by atoms with E-state index in [2.05, 4.69) is 41.8 Å². The number of amides is 1. The van der Waals surface area contributed by atoms with Crippen LogP contribution >= 0.6 is 11.3 Å². The SMILES string of the molecule is CCCCCc1ccc(CNC(=O)c2ccc(-c3nc(CNCc4ccc(OC(C)C(=O)O)cc4)cs3)cc2)cc1. The van der Waals surface area contributed by atoms with Gasteiger partial charge in [-0.05, 0) is 60.7 Å². The quantitative estimate of drug-likeness (QED) is 0.139. The van der Waals surface area contributed by atoms with Gasteiger partial charge in [-0.3, -0.25) is 4.79 Å². The van der Waals surface area contributed by atoms with Crippen LogP contribution in [0.3, 0.4) is 0 Å². The largest absolute Gasteiger partial charge is 0.479 e. The van der Waals surface area contributed by atoms with Gasteiger partial charge in [-0.15, -0.1) is 11.3 Å². The van der Waals surface area contributed by atoms with Crippen molar-refractivity contribution in [1.29, 1.82) is 0 Å². The van der Waals surface area contributed by atoms with E-state index in [0.717, 1.165) is 33.8 Å². The lowest BCUT2D eigenvalue weighted by molar-refractivity contribution is -0.144. The third kappa shape index (κ3) is 9.27. The van der Waals surface area contributed by atoms with E-state index in [9.17, 15) is 9.59 Å². The van der Waals surface area contributed by atoms with Gasteiger partial charge in [0.15, 0.2) is 6.10 Å². The maximum Gasteiger partial charge on any atom is 0.344 e. The number of nitrogens with zero attached hydrogens (tertiary/aromatic N) is 1. The molecule has 8 heteroatoms. The summed E-state index contributed by atoms with van der Waals surface area (Å²) in [5.41, 5.74) is 6.04. The molecule has 0 aliphatic rings. The molecule has 0 saturated carbocycles. The molecule has 1 aromatic heterocycles. The Balaban J connectivity index is 1.22. The summed E-state index contributed by atoms with van der Waals surface area (Å²) in [6, 6.07) is 23.4. The number of hydrogen-bond donors (Lipinski definition) is 3. The highest BCUT2D eigenvalue weighted by molar-refractivity contribution is 7.13. The first-order valence-electron chi connectivity index (χ1n) is 14.0. The molecular formula is C33H37N3O4S. The van der Waals surface area contributed by atoms with Crippen molar-refractivity contribution in [3.05, 3.63) is 106 Å². The number of carbonyl (C=O) groups is 2. The van der Waals surface area contributed by atoms with Gasteiger partial charge in [0.05, 0.1) is 5.69 Å². The number of hydrogen-bond acceptors (Lipinski definition) is 6. The molecule has 1 amide bonds. The summed E-state index contributed by atoms with van der Waals surface area (Å²) in [7, 11) is 0. The summed E-state index contributed by atoms with van der Waals surface area (Å²) >= 11 is 1.57. The van der Waals surface area contributed by atoms with Crippen molar-refractivity contribution in [3.63, 3.8) is 0 Å². The summed E-state index contributed by atoms with van der Waals surface area (Å²) in [6.45, 7) is 5.48. The van der Waals surface area contributed by atoms with E-state index >= 15 is 0 Å². The number of aromatic nitrogens is 1. The lowest BCUT2D eigenvalue weighted by atomic mass is 10.1. The van der Waals surface area contributed by atoms with Crippen molar-refractivity contribution in [2.24, 2.45) is 0 Å². The molecule has 0 spiro atoms. The van der Waals surface area contributed by atoms with Crippen LogP contribution < -0.4 is 15.4 Å². The number of carboxylic acid groups (broad SMARTS) is 1. The van der Waals surface area contributed by atoms with Crippen molar-refractivity contribution in [2.45, 2.75) is 65.3 Å². The second-order valence-electron chi connectivity index (χ2n) is 10.0. The normalized spacial score (nSPS) is 11.7. The standard InChI is InChI=1S/C33H37N3O4S/c1-3-4-5-6-24-7-9-26(10-8-24)20-35-31(37)27-13-15-28(16-14-27)32-36-29(22-41-32)21-34-19-25-11-17-30(18-12-25)40-23(2)33(38)39/h7-18,22-23,34H,3-6,19-21H2,1-2H3,(H,35,37)(H,38,39). The van der Waals surface area contributed by atoms with Crippen LogP contribution in [0.15, 0.2) is 78.2 Å². The molecule has 0 bridgehead atoms. The third-order valence-corrected chi connectivity index (χ3v) is 7.65. The van der Waals surface area contributed by atoms with Crippen LogP contribution in [0.2, 0.25) is 0 Å². The van der Waals surface area contributed by atoms with Crippen molar-refractivity contribution in [3.8, 4) is 16.3 Å². The summed E-state index contributed by atoms with van der Waals surface area (Å²) in [4.78, 5) is 28.3. The summed E-state index contributed by atoms with van der Waals surface area (Å²) in [5.74, 6) is -0.562. The smallest absolute Gasteiger partial charge is 0.344 e. The Morgan fingerprint density at radius 1 is 0.878 bits per heavy atom. The number of aliphatic carboxylic acids is 1. The van der Waals surface area contributed by atoms with E-state index < -0.39 is 12.1 Å². The first-order valence-corrected chi connectivity index (χ1v) is 14.9. The second kappa shape index (κ2) is 15.1. The maximum absolute atomic E-state index is 12.7. The fraction of sp³-hybridized carbons (Fsp3) is 0.303. The molecule has 0 radical (unpaired) electrons. The van der Waals surface area contributed by atoms with Crippen LogP contribution in [0.5, 0.6) is 5.75 Å². The van der Waals surface area contributed by atoms with Crippen LogP contribution in [0.1, 0.15) is 65.9 Å². The van der Waals surface area contributed by atoms with E-state index in [1.54, 1.807) is 23.5 Å². The van der Waals surface area contributed by atoms with Gasteiger partial charge in [-0.2, -0.15) is 0 Å². The van der Waals surface area contributed by atoms with Crippen molar-refractivity contribution in [2.75, 3.05) is 0 Å². The molecule has 41 heavy (non-hydrogen) atoms. The van der Waals surface area contributed by atoms with Gasteiger partial charge in [-0.25, -0.2) is 9.78 Å². The Bertz CT molecular complexity index is 1400. The number of carbonyl (C=O) groups excluding carboxylic acids is 1. The fourth-order valence-electron chi connectivity index (χ4n) is 4.25. The Hall–Kier alpha value is -4.01. The molecular weight excluding hydrogens is 534 g/mol. The molecule has 4 aromatic rings. The average molecular weight is 572 g/mol. The van der Waals surface area contributed by atoms with E-state index in [1.807, 2.05) is 41.8 Å². The lowest BCUT2D eigenvalue weighted by Crippen LogP contribution is -2.22. The van der Waals surface area contributed by atoms with Crippen LogP contribution in [0.4, 0.5) is 0 Å². The Morgan fingerprint density at radius 2 is 1.54 bits per heavy atom. The predicted molar refractivity (Wildman–Crippen MR) is 163 cm³/mol. The van der Waals surface area contributed by atoms with Gasteiger partial charge >= 0.3 is 5.97 Å². The number of carboxylic acids is 1. The maximum atomic E-state index is 12.7. The van der Waals surface area contributed by atoms with Gasteiger partial charge in [0.25, 0.3) is 5.91 Å². The van der Waals surface area contributed by atoms with E-state index in [-0.39, 0.29) is 5.91 Å². The minimum Gasteiger partial charge on any atom is -0.479 e. The minimum atomic E-state index is -0.995. The van der Waals surface area contributed by atoms with Gasteiger partial charge in [-0.1, -0.05) is 68.3 Å². The van der Waals surface area contributed by atoms with Gasteiger partial charge in [0.2, 0.25) is 0 Å². The summed E-state index contributed by atoms with van der Waals surface area (Å²) < 4.78 is 5.37. The van der Waals surface area contributed by atoms with Crippen LogP contribution in [-0.2, 0) is 30.8 Å². The zero-order valence-electron chi connectivity index (χ0n) is 23.6. The molecule has 0 saturated heterocycles. The zero-order chi connectivity index (χ0) is 29.0. The Kier molecular flexibility index (Phi) is 11.0. The van der Waals surface area contributed by atoms with Gasteiger partial charge in [0, 0.05) is 36.1 Å². The first kappa shape index (κ1) is 30.0. The van der Waals surface area contributed by atoms with Crippen molar-refractivity contribution < 1.29 is 19.4 Å². The Labute approximate surface area is 245 Å². The summed E-state index contributed by atoms with van der Waals surface area (Å²) in [5, 5.41) is 18.3. The highest BCUT2D eigenvalue weighted by Gasteiger charge is 2.12. The highest BCUT2D eigenvalue weighted by atomic mass is 32.1. The average Bonchev–Trinajstić information content (AvgIpc) is 3.46. The number of aryl methyl sites for hydroxylation is 1. The van der Waals surface area contributed by atoms with Gasteiger partial charge in [0.1, 0.15) is 10.8 Å². The van der Waals surface area contributed by atoms with E-state index in [4.69, 9.17) is 14.8 Å². The number of rotatable bonds is 15. The molecule has 0 fully saturated rings. The highest BCUT2D eigenvalue weighted by Crippen LogP contribution is 2.24. The topological polar surface area (TPSA) is 101 Å². The molecule has 1 unspecified atom stereocenters. The van der Waals surface area contributed by atoms with E-state index in [0.29, 0.717) is 30.9 Å². The Morgan fingerprint density at radius 3 is 2.22 bits per heavy atom. The zero-order valence-corrected chi connectivity index (χ0v) is 24.4. The van der Waals surface area contributed by atoms with Crippen molar-refractivity contribution >= 4 is 23.2 Å². The van der Waals surface area contributed by atoms with E-state index in [1.165, 1.54) is 31.7 Å². The molecule has 214 valence electrons. The molecule has 0 aliphatic carbocycles. The third-order valence-electron chi connectivity index (χ3n) is 6.71. The first-order chi connectivity index (χ1) is 19.9. The number of thiazole rings is 1. The fourth-order valence-corrected chi connectivity index (χ4v) is 5.07. The number of benzene rings is 3. The van der Waals surface area contributed by atoms with Crippen LogP contribution in [0, 0.1) is 0 Å². The number of unbranched alkanes of at least 4 members (excludes halogenated alkanes) is 2. The minimum absolute atomic E-state index is 0.0939. The monoisotopic (exact) mass is 571 g/mol. The number of ether oxygens (including phenoxy) is 1. The molecule has 0 aliphatic heterocycles. The molecule has 3 aromatic carbocycles. The molecule has 1 heterocycles. The molecule has 1 atom stereocenters. The number of nitrogens with one attached hydrogen (secondary N) is 2. The predicted octanol–water partition coefficient (Wildman–Crippen LogP) is 6.61. The van der Waals surface area contributed by atoms with Crippen LogP contribution in [-0.4, -0.2) is 28.1 Å². The second-order valence-corrected chi connectivity index (χ2v) is 10.9. The van der Waals surface area contributed by atoms with Gasteiger partial charge < -0.3 is 20.5 Å². The molecule has 3 N–H and O–H groups in total.